The third-order valence-corrected chi connectivity index (χ3v) is 3.15. The van der Waals surface area contributed by atoms with E-state index in [0.717, 1.165) is 11.8 Å². The third kappa shape index (κ3) is 6.76. The topological polar surface area (TPSA) is 60.4 Å². The fraction of sp³-hybridized carbons (Fsp3) is 0.786. The molecule has 5 heteroatoms. The second-order valence-corrected chi connectivity index (χ2v) is 7.09. The molecule has 0 aliphatic heterocycles. The zero-order valence-corrected chi connectivity index (χ0v) is 13.4. The maximum absolute atomic E-state index is 12.0. The van der Waals surface area contributed by atoms with E-state index in [0.29, 0.717) is 5.75 Å². The standard InChI is InChI=1S/C14H24O4S/c1-7-19-11(16)8-10(15)12(9(2)3)18-13(17)14(4,5)6/h9,12H,7-8H2,1-6H3/t12-/m0/s1. The van der Waals surface area contributed by atoms with Crippen molar-refractivity contribution in [2.24, 2.45) is 11.3 Å². The first-order valence-electron chi connectivity index (χ1n) is 6.49. The van der Waals surface area contributed by atoms with E-state index in [-0.39, 0.29) is 23.2 Å². The van der Waals surface area contributed by atoms with E-state index < -0.39 is 17.5 Å². The van der Waals surface area contributed by atoms with Gasteiger partial charge in [0.15, 0.2) is 17.0 Å². The molecule has 0 rings (SSSR count). The van der Waals surface area contributed by atoms with Crippen LogP contribution in [0.25, 0.3) is 0 Å². The molecule has 0 heterocycles. The smallest absolute Gasteiger partial charge is 0.311 e. The minimum Gasteiger partial charge on any atom is -0.454 e. The van der Waals surface area contributed by atoms with E-state index in [1.165, 1.54) is 0 Å². The third-order valence-electron chi connectivity index (χ3n) is 2.39. The molecule has 0 fully saturated rings. The summed E-state index contributed by atoms with van der Waals surface area (Å²) in [6, 6.07) is 0. The fourth-order valence-electron chi connectivity index (χ4n) is 1.32. The number of esters is 1. The Kier molecular flexibility index (Phi) is 7.34. The van der Waals surface area contributed by atoms with Crippen molar-refractivity contribution in [1.29, 1.82) is 0 Å². The minimum absolute atomic E-state index is 0.141. The summed E-state index contributed by atoms with van der Waals surface area (Å²) in [6.07, 6.45) is -1.02. The molecule has 0 saturated heterocycles. The predicted molar refractivity (Wildman–Crippen MR) is 76.9 cm³/mol. The van der Waals surface area contributed by atoms with Gasteiger partial charge >= 0.3 is 5.97 Å². The van der Waals surface area contributed by atoms with Gasteiger partial charge < -0.3 is 4.74 Å². The second kappa shape index (κ2) is 7.68. The summed E-state index contributed by atoms with van der Waals surface area (Å²) >= 11 is 1.11. The van der Waals surface area contributed by atoms with E-state index in [2.05, 4.69) is 0 Å². The Morgan fingerprint density at radius 2 is 1.68 bits per heavy atom. The number of thioether (sulfide) groups is 1. The van der Waals surface area contributed by atoms with Crippen molar-refractivity contribution in [3.05, 3.63) is 0 Å². The Hall–Kier alpha value is -0.840. The predicted octanol–water partition coefficient (Wildman–Crippen LogP) is 2.84. The largest absolute Gasteiger partial charge is 0.454 e. The molecule has 4 nitrogen and oxygen atoms in total. The van der Waals surface area contributed by atoms with Crippen molar-refractivity contribution in [3.8, 4) is 0 Å². The first-order valence-corrected chi connectivity index (χ1v) is 7.47. The van der Waals surface area contributed by atoms with Gasteiger partial charge in [-0.25, -0.2) is 0 Å². The Morgan fingerprint density at radius 1 is 1.16 bits per heavy atom. The number of Topliss-reactive ketones (excluding diaryl/α,β-unsaturated/α-hetero) is 1. The average Bonchev–Trinajstić information content (AvgIpc) is 2.23. The number of hydrogen-bond donors (Lipinski definition) is 0. The minimum atomic E-state index is -0.840. The summed E-state index contributed by atoms with van der Waals surface area (Å²) in [5.41, 5.74) is -0.657. The van der Waals surface area contributed by atoms with Gasteiger partial charge in [0.05, 0.1) is 11.8 Å². The molecule has 0 aromatic heterocycles. The van der Waals surface area contributed by atoms with Crippen LogP contribution in [0.4, 0.5) is 0 Å². The number of carbonyl (C=O) groups is 3. The quantitative estimate of drug-likeness (QED) is 0.555. The fourth-order valence-corrected chi connectivity index (χ4v) is 1.89. The summed E-state index contributed by atoms with van der Waals surface area (Å²) in [5.74, 6) is -0.243. The SMILES string of the molecule is CCSC(=O)CC(=O)[C@@H](OC(=O)C(C)(C)C)C(C)C. The number of hydrogen-bond acceptors (Lipinski definition) is 5. The van der Waals surface area contributed by atoms with Crippen molar-refractivity contribution in [2.75, 3.05) is 5.75 Å². The summed E-state index contributed by atoms with van der Waals surface area (Å²) in [6.45, 7) is 10.7. The van der Waals surface area contributed by atoms with E-state index in [9.17, 15) is 14.4 Å². The zero-order chi connectivity index (χ0) is 15.2. The van der Waals surface area contributed by atoms with Gasteiger partial charge in [0.25, 0.3) is 0 Å². The lowest BCUT2D eigenvalue weighted by Crippen LogP contribution is -2.37. The Morgan fingerprint density at radius 3 is 2.05 bits per heavy atom. The van der Waals surface area contributed by atoms with E-state index in [4.69, 9.17) is 4.74 Å². The average molecular weight is 288 g/mol. The maximum atomic E-state index is 12.0. The van der Waals surface area contributed by atoms with Gasteiger partial charge in [0.2, 0.25) is 0 Å². The highest BCUT2D eigenvalue weighted by atomic mass is 32.2. The highest BCUT2D eigenvalue weighted by Gasteiger charge is 2.32. The van der Waals surface area contributed by atoms with E-state index >= 15 is 0 Å². The zero-order valence-electron chi connectivity index (χ0n) is 12.6. The van der Waals surface area contributed by atoms with Gasteiger partial charge in [0, 0.05) is 0 Å². The first kappa shape index (κ1) is 18.2. The molecule has 19 heavy (non-hydrogen) atoms. The van der Waals surface area contributed by atoms with Crippen molar-refractivity contribution in [2.45, 2.75) is 54.1 Å². The Labute approximate surface area is 119 Å². The van der Waals surface area contributed by atoms with Crippen LogP contribution in [0.15, 0.2) is 0 Å². The maximum Gasteiger partial charge on any atom is 0.311 e. The van der Waals surface area contributed by atoms with Gasteiger partial charge in [-0.1, -0.05) is 32.5 Å². The summed E-state index contributed by atoms with van der Waals surface area (Å²) < 4.78 is 5.27. The van der Waals surface area contributed by atoms with Crippen LogP contribution in [0.5, 0.6) is 0 Å². The normalized spacial score (nSPS) is 13.2. The van der Waals surface area contributed by atoms with Crippen LogP contribution in [0.2, 0.25) is 0 Å². The van der Waals surface area contributed by atoms with Crippen molar-refractivity contribution >= 4 is 28.6 Å². The van der Waals surface area contributed by atoms with Crippen molar-refractivity contribution in [3.63, 3.8) is 0 Å². The van der Waals surface area contributed by atoms with Gasteiger partial charge in [-0.3, -0.25) is 14.4 Å². The van der Waals surface area contributed by atoms with Crippen molar-refractivity contribution < 1.29 is 19.1 Å². The van der Waals surface area contributed by atoms with Gasteiger partial charge in [0.1, 0.15) is 0 Å². The van der Waals surface area contributed by atoms with Crippen LogP contribution in [0, 0.1) is 11.3 Å². The number of ketones is 1. The van der Waals surface area contributed by atoms with Gasteiger partial charge in [-0.15, -0.1) is 0 Å². The second-order valence-electron chi connectivity index (χ2n) is 5.77. The summed E-state index contributed by atoms with van der Waals surface area (Å²) in [7, 11) is 0. The van der Waals surface area contributed by atoms with Crippen LogP contribution in [0.3, 0.4) is 0 Å². The van der Waals surface area contributed by atoms with Crippen LogP contribution in [-0.2, 0) is 19.1 Å². The molecule has 0 radical (unpaired) electrons. The van der Waals surface area contributed by atoms with Crippen LogP contribution in [0.1, 0.15) is 48.0 Å². The Bertz CT molecular complexity index is 342. The molecule has 0 unspecified atom stereocenters. The lowest BCUT2D eigenvalue weighted by molar-refractivity contribution is -0.165. The summed E-state index contributed by atoms with van der Waals surface area (Å²) in [4.78, 5) is 35.3. The molecule has 0 saturated carbocycles. The number of carbonyl (C=O) groups excluding carboxylic acids is 3. The lowest BCUT2D eigenvalue weighted by Gasteiger charge is -2.24. The lowest BCUT2D eigenvalue weighted by atomic mass is 9.96. The highest BCUT2D eigenvalue weighted by molar-refractivity contribution is 8.13. The molecular formula is C14H24O4S. The molecule has 0 aromatic rings. The number of ether oxygens (including phenoxy) is 1. The number of rotatable bonds is 6. The molecular weight excluding hydrogens is 264 g/mol. The van der Waals surface area contributed by atoms with Crippen LogP contribution in [-0.4, -0.2) is 28.7 Å². The molecule has 0 aromatic carbocycles. The molecule has 0 spiro atoms. The molecule has 110 valence electrons. The first-order chi connectivity index (χ1) is 8.59. The van der Waals surface area contributed by atoms with Gasteiger partial charge in [-0.05, 0) is 32.4 Å². The van der Waals surface area contributed by atoms with E-state index in [1.807, 2.05) is 6.92 Å². The van der Waals surface area contributed by atoms with Crippen LogP contribution < -0.4 is 0 Å². The highest BCUT2D eigenvalue weighted by Crippen LogP contribution is 2.20. The van der Waals surface area contributed by atoms with Crippen molar-refractivity contribution in [1.82, 2.24) is 0 Å². The monoisotopic (exact) mass is 288 g/mol. The molecule has 0 amide bonds. The molecule has 0 aliphatic carbocycles. The molecule has 0 aliphatic rings. The molecule has 0 bridgehead atoms. The Balaban J connectivity index is 4.70. The summed E-state index contributed by atoms with van der Waals surface area (Å²) in [5, 5.41) is -0.176. The van der Waals surface area contributed by atoms with Crippen LogP contribution >= 0.6 is 11.8 Å². The molecule has 1 atom stereocenters. The van der Waals surface area contributed by atoms with E-state index in [1.54, 1.807) is 34.6 Å². The molecule has 0 N–H and O–H groups in total. The van der Waals surface area contributed by atoms with Gasteiger partial charge in [-0.2, -0.15) is 0 Å².